The van der Waals surface area contributed by atoms with Gasteiger partial charge in [0.05, 0.1) is 17.3 Å². The van der Waals surface area contributed by atoms with Gasteiger partial charge in [0.25, 0.3) is 0 Å². The van der Waals surface area contributed by atoms with Gasteiger partial charge < -0.3 is 14.3 Å². The summed E-state index contributed by atoms with van der Waals surface area (Å²) in [4.78, 5) is 0. The summed E-state index contributed by atoms with van der Waals surface area (Å²) >= 11 is 0. The molecule has 0 saturated carbocycles. The van der Waals surface area contributed by atoms with Gasteiger partial charge in [0.15, 0.2) is 0 Å². The maximum Gasteiger partial charge on any atom is 0.143 e. The summed E-state index contributed by atoms with van der Waals surface area (Å²) in [6.45, 7) is 6.32. The fourth-order valence-electron chi connectivity index (χ4n) is 7.54. The molecule has 0 bridgehead atoms. The highest BCUT2D eigenvalue weighted by molar-refractivity contribution is 6.10. The molecule has 0 radical (unpaired) electrons. The molecular formula is C45H35N3O. The number of hydrogen-bond acceptors (Lipinski definition) is 3. The maximum absolute atomic E-state index is 6.41. The van der Waals surface area contributed by atoms with Crippen molar-refractivity contribution in [2.45, 2.75) is 19.1 Å². The molecule has 2 unspecified atom stereocenters. The number of hydrogen-bond donors (Lipinski definition) is 2. The monoisotopic (exact) mass is 633 g/mol. The molecule has 236 valence electrons. The minimum absolute atomic E-state index is 0.0437. The molecule has 1 aliphatic rings. The Hall–Kier alpha value is -6.10. The number of benzene rings is 6. The van der Waals surface area contributed by atoms with E-state index in [0.29, 0.717) is 0 Å². The van der Waals surface area contributed by atoms with E-state index in [2.05, 4.69) is 168 Å². The van der Waals surface area contributed by atoms with Crippen LogP contribution in [0.2, 0.25) is 0 Å². The third-order valence-corrected chi connectivity index (χ3v) is 9.81. The lowest BCUT2D eigenvalue weighted by molar-refractivity contribution is 0.506. The molecule has 0 aliphatic carbocycles. The quantitative estimate of drug-likeness (QED) is 0.191. The fourth-order valence-corrected chi connectivity index (χ4v) is 7.54. The summed E-state index contributed by atoms with van der Waals surface area (Å²) in [5.74, 6) is 0. The van der Waals surface area contributed by atoms with Crippen LogP contribution < -0.4 is 10.6 Å². The van der Waals surface area contributed by atoms with E-state index in [4.69, 9.17) is 4.42 Å². The van der Waals surface area contributed by atoms with E-state index >= 15 is 0 Å². The predicted molar refractivity (Wildman–Crippen MR) is 205 cm³/mol. The van der Waals surface area contributed by atoms with E-state index in [-0.39, 0.29) is 12.2 Å². The molecule has 6 aromatic carbocycles. The summed E-state index contributed by atoms with van der Waals surface area (Å²) in [6, 6.07) is 49.6. The van der Waals surface area contributed by atoms with Crippen LogP contribution in [0.5, 0.6) is 0 Å². The van der Waals surface area contributed by atoms with E-state index in [0.717, 1.165) is 66.6 Å². The van der Waals surface area contributed by atoms with E-state index in [9.17, 15) is 0 Å². The van der Waals surface area contributed by atoms with Gasteiger partial charge in [0.1, 0.15) is 17.3 Å². The van der Waals surface area contributed by atoms with Gasteiger partial charge in [-0.15, -0.1) is 0 Å². The van der Waals surface area contributed by atoms with Crippen LogP contribution in [0.3, 0.4) is 0 Å². The fraction of sp³-hybridized carbons (Fsp3) is 0.0667. The van der Waals surface area contributed by atoms with Gasteiger partial charge in [-0.25, -0.2) is 0 Å². The smallest absolute Gasteiger partial charge is 0.143 e. The SMILES string of the molecule is C=Cc1c(/C=C\C)n(-c2ccc(C3Nc4ccccc4C(c4ccccc4)N3)cc2)c2ccc(-c3cccc4c3oc3ccccc34)cc12. The number of anilines is 1. The van der Waals surface area contributed by atoms with Crippen LogP contribution in [0.1, 0.15) is 47.1 Å². The highest BCUT2D eigenvalue weighted by Gasteiger charge is 2.27. The number of fused-ring (bicyclic) bond motifs is 5. The van der Waals surface area contributed by atoms with E-state index in [1.165, 1.54) is 16.7 Å². The average molecular weight is 634 g/mol. The molecule has 2 N–H and O–H groups in total. The molecule has 0 spiro atoms. The lowest BCUT2D eigenvalue weighted by Gasteiger charge is -2.35. The highest BCUT2D eigenvalue weighted by atomic mass is 16.3. The second kappa shape index (κ2) is 11.9. The average Bonchev–Trinajstić information content (AvgIpc) is 3.70. The summed E-state index contributed by atoms with van der Waals surface area (Å²) in [5, 5.41) is 11.0. The van der Waals surface area contributed by atoms with Gasteiger partial charge in [-0.05, 0) is 71.7 Å². The Kier molecular flexibility index (Phi) is 7.03. The van der Waals surface area contributed by atoms with Crippen LogP contribution in [0.4, 0.5) is 5.69 Å². The Bertz CT molecular complexity index is 2540. The zero-order chi connectivity index (χ0) is 32.9. The molecule has 1 aliphatic heterocycles. The zero-order valence-corrected chi connectivity index (χ0v) is 27.2. The standard InChI is InChI=1S/C45H35N3O/c1-3-13-40-33(4-2)38-28-31(34-18-12-19-36-35-16-9-11-21-42(35)49-44(34)36)24-27-41(38)48(40)32-25-22-30(23-26-32)45-46-39-20-10-8-17-37(39)43(47-45)29-14-6-5-7-15-29/h3-28,43,45-47H,2H2,1H3/b13-3-. The van der Waals surface area contributed by atoms with Crippen molar-refractivity contribution >= 4 is 50.7 Å². The molecule has 2 aromatic heterocycles. The highest BCUT2D eigenvalue weighted by Crippen LogP contribution is 2.40. The van der Waals surface area contributed by atoms with Crippen molar-refractivity contribution in [3.63, 3.8) is 0 Å². The summed E-state index contributed by atoms with van der Waals surface area (Å²) in [6.07, 6.45) is 6.21. The first-order chi connectivity index (χ1) is 24.2. The second-order valence-electron chi connectivity index (χ2n) is 12.6. The minimum Gasteiger partial charge on any atom is -0.455 e. The van der Waals surface area contributed by atoms with Crippen molar-refractivity contribution in [3.05, 3.63) is 180 Å². The van der Waals surface area contributed by atoms with E-state index < -0.39 is 0 Å². The van der Waals surface area contributed by atoms with Gasteiger partial charge in [0.2, 0.25) is 0 Å². The van der Waals surface area contributed by atoms with Crippen molar-refractivity contribution in [1.82, 2.24) is 9.88 Å². The normalized spacial score (nSPS) is 15.9. The van der Waals surface area contributed by atoms with E-state index in [1.54, 1.807) is 0 Å². The van der Waals surface area contributed by atoms with E-state index in [1.807, 2.05) is 18.2 Å². The van der Waals surface area contributed by atoms with Crippen LogP contribution in [0.25, 0.3) is 61.8 Å². The van der Waals surface area contributed by atoms with Crippen molar-refractivity contribution < 1.29 is 4.42 Å². The summed E-state index contributed by atoms with van der Waals surface area (Å²) in [7, 11) is 0. The molecule has 8 aromatic rings. The van der Waals surface area contributed by atoms with Crippen LogP contribution >= 0.6 is 0 Å². The van der Waals surface area contributed by atoms with Crippen LogP contribution in [-0.4, -0.2) is 4.57 Å². The topological polar surface area (TPSA) is 42.1 Å². The largest absolute Gasteiger partial charge is 0.455 e. The van der Waals surface area contributed by atoms with Gasteiger partial charge in [-0.2, -0.15) is 0 Å². The number of rotatable bonds is 6. The van der Waals surface area contributed by atoms with Crippen molar-refractivity contribution in [2.24, 2.45) is 0 Å². The Morgan fingerprint density at radius 2 is 1.49 bits per heavy atom. The Morgan fingerprint density at radius 1 is 0.714 bits per heavy atom. The number of nitrogens with zero attached hydrogens (tertiary/aromatic N) is 1. The molecule has 0 saturated heterocycles. The molecule has 49 heavy (non-hydrogen) atoms. The van der Waals surface area contributed by atoms with Gasteiger partial charge in [-0.1, -0.05) is 122 Å². The first-order valence-electron chi connectivity index (χ1n) is 16.8. The first kappa shape index (κ1) is 29.1. The third kappa shape index (κ3) is 4.80. The van der Waals surface area contributed by atoms with Gasteiger partial charge >= 0.3 is 0 Å². The van der Waals surface area contributed by atoms with Crippen molar-refractivity contribution in [2.75, 3.05) is 5.32 Å². The first-order valence-corrected chi connectivity index (χ1v) is 16.8. The Balaban J connectivity index is 1.12. The minimum atomic E-state index is -0.0437. The summed E-state index contributed by atoms with van der Waals surface area (Å²) in [5.41, 5.74) is 13.3. The van der Waals surface area contributed by atoms with Crippen LogP contribution in [0, 0.1) is 0 Å². The van der Waals surface area contributed by atoms with Crippen LogP contribution in [-0.2, 0) is 0 Å². The molecule has 3 heterocycles. The number of aromatic nitrogens is 1. The molecule has 4 heteroatoms. The van der Waals surface area contributed by atoms with Gasteiger partial charge in [-0.3, -0.25) is 5.32 Å². The van der Waals surface area contributed by atoms with Crippen LogP contribution in [0.15, 0.2) is 157 Å². The number of para-hydroxylation sites is 3. The van der Waals surface area contributed by atoms with Gasteiger partial charge in [0, 0.05) is 38.7 Å². The summed E-state index contributed by atoms with van der Waals surface area (Å²) < 4.78 is 8.75. The van der Waals surface area contributed by atoms with Crippen molar-refractivity contribution in [1.29, 1.82) is 0 Å². The number of furan rings is 1. The Morgan fingerprint density at radius 3 is 2.33 bits per heavy atom. The predicted octanol–water partition coefficient (Wildman–Crippen LogP) is 11.7. The molecule has 0 amide bonds. The lowest BCUT2D eigenvalue weighted by Crippen LogP contribution is -2.37. The molecule has 0 fully saturated rings. The maximum atomic E-state index is 6.41. The Labute approximate surface area is 285 Å². The third-order valence-electron chi connectivity index (χ3n) is 9.81. The molecule has 2 atom stereocenters. The molecule has 4 nitrogen and oxygen atoms in total. The lowest BCUT2D eigenvalue weighted by atomic mass is 9.93. The zero-order valence-electron chi connectivity index (χ0n) is 27.2. The molecular weight excluding hydrogens is 599 g/mol. The number of nitrogens with one attached hydrogen (secondary N) is 2. The molecule has 9 rings (SSSR count). The number of allylic oxidation sites excluding steroid dienone is 1. The second-order valence-corrected chi connectivity index (χ2v) is 12.6. The van der Waals surface area contributed by atoms with Crippen molar-refractivity contribution in [3.8, 4) is 16.8 Å².